The van der Waals surface area contributed by atoms with Crippen LogP contribution < -0.4 is 11.1 Å². The number of nitrogens with zero attached hydrogens (tertiary/aromatic N) is 1. The quantitative estimate of drug-likeness (QED) is 0.884. The molecule has 6 heteroatoms. The van der Waals surface area contributed by atoms with E-state index in [2.05, 4.69) is 37.6 Å². The van der Waals surface area contributed by atoms with Crippen molar-refractivity contribution in [2.45, 2.75) is 12.5 Å². The van der Waals surface area contributed by atoms with Crippen molar-refractivity contribution in [2.24, 2.45) is 5.73 Å². The summed E-state index contributed by atoms with van der Waals surface area (Å²) >= 11 is 5.17. The van der Waals surface area contributed by atoms with Crippen LogP contribution in [0.25, 0.3) is 0 Å². The predicted molar refractivity (Wildman–Crippen MR) is 73.0 cm³/mol. The highest BCUT2D eigenvalue weighted by Crippen LogP contribution is 2.29. The van der Waals surface area contributed by atoms with E-state index in [4.69, 9.17) is 5.73 Å². The van der Waals surface area contributed by atoms with E-state index >= 15 is 0 Å². The van der Waals surface area contributed by atoms with Gasteiger partial charge in [0.1, 0.15) is 0 Å². The zero-order chi connectivity index (χ0) is 12.3. The summed E-state index contributed by atoms with van der Waals surface area (Å²) in [6.07, 6.45) is 0.559. The van der Waals surface area contributed by atoms with Gasteiger partial charge < -0.3 is 11.1 Å². The van der Waals surface area contributed by atoms with Crippen molar-refractivity contribution in [3.8, 4) is 0 Å². The fourth-order valence-electron chi connectivity index (χ4n) is 2.04. The number of carbonyl (C=O) groups is 1. The number of halogens is 1. The maximum Gasteiger partial charge on any atom is 0.221 e. The molecule has 1 aliphatic heterocycles. The van der Waals surface area contributed by atoms with Crippen LogP contribution in [0.1, 0.15) is 17.3 Å². The molecule has 0 bridgehead atoms. The van der Waals surface area contributed by atoms with E-state index in [0.717, 1.165) is 17.6 Å². The van der Waals surface area contributed by atoms with Crippen LogP contribution >= 0.6 is 27.3 Å². The normalized spacial score (nSPS) is 19.8. The first-order valence-electron chi connectivity index (χ1n) is 5.65. The van der Waals surface area contributed by atoms with Gasteiger partial charge in [0, 0.05) is 47.3 Å². The molecular formula is C11H16BrN3OS. The number of thiophene rings is 1. The first kappa shape index (κ1) is 13.0. The molecule has 1 aromatic heterocycles. The van der Waals surface area contributed by atoms with Crippen LogP contribution in [-0.4, -0.2) is 37.0 Å². The minimum Gasteiger partial charge on any atom is -0.355 e. The smallest absolute Gasteiger partial charge is 0.221 e. The third-order valence-corrected chi connectivity index (χ3v) is 4.72. The first-order chi connectivity index (χ1) is 8.20. The molecule has 1 atom stereocenters. The average Bonchev–Trinajstić information content (AvgIpc) is 2.61. The molecule has 4 nitrogen and oxygen atoms in total. The van der Waals surface area contributed by atoms with Gasteiger partial charge in [0.15, 0.2) is 0 Å². The van der Waals surface area contributed by atoms with Gasteiger partial charge in [-0.25, -0.2) is 0 Å². The minimum atomic E-state index is 0.135. The maximum atomic E-state index is 11.3. The number of amides is 1. The Morgan fingerprint density at radius 3 is 3.06 bits per heavy atom. The van der Waals surface area contributed by atoms with Crippen LogP contribution in [0, 0.1) is 0 Å². The van der Waals surface area contributed by atoms with Crippen molar-refractivity contribution < 1.29 is 4.79 Å². The topological polar surface area (TPSA) is 58.4 Å². The third-order valence-electron chi connectivity index (χ3n) is 2.93. The van der Waals surface area contributed by atoms with Gasteiger partial charge in [-0.3, -0.25) is 9.69 Å². The van der Waals surface area contributed by atoms with Gasteiger partial charge in [0.2, 0.25) is 5.91 Å². The molecule has 0 aromatic carbocycles. The van der Waals surface area contributed by atoms with Gasteiger partial charge in [-0.05, 0) is 22.0 Å². The van der Waals surface area contributed by atoms with Crippen molar-refractivity contribution in [3.05, 3.63) is 20.8 Å². The van der Waals surface area contributed by atoms with Crippen LogP contribution in [0.4, 0.5) is 0 Å². The van der Waals surface area contributed by atoms with Crippen LogP contribution in [0.2, 0.25) is 0 Å². The average molecular weight is 318 g/mol. The van der Waals surface area contributed by atoms with Crippen LogP contribution in [0.3, 0.4) is 0 Å². The number of hydrogen-bond donors (Lipinski definition) is 2. The Kier molecular flexibility index (Phi) is 4.55. The lowest BCUT2D eigenvalue weighted by Crippen LogP contribution is -2.35. The fourth-order valence-corrected chi connectivity index (χ4v) is 3.64. The molecule has 17 heavy (non-hydrogen) atoms. The molecule has 1 aromatic rings. The molecule has 0 aliphatic carbocycles. The van der Waals surface area contributed by atoms with E-state index in [-0.39, 0.29) is 11.9 Å². The molecule has 2 rings (SSSR count). The molecule has 1 fully saturated rings. The van der Waals surface area contributed by atoms with Gasteiger partial charge in [0.05, 0.1) is 6.04 Å². The Labute approximate surface area is 113 Å². The Hall–Kier alpha value is -0.430. The molecule has 1 amide bonds. The van der Waals surface area contributed by atoms with Crippen molar-refractivity contribution in [3.63, 3.8) is 0 Å². The van der Waals surface area contributed by atoms with E-state index in [1.165, 1.54) is 4.88 Å². The Morgan fingerprint density at radius 2 is 2.41 bits per heavy atom. The summed E-state index contributed by atoms with van der Waals surface area (Å²) in [7, 11) is 0. The predicted octanol–water partition coefficient (Wildman–Crippen LogP) is 1.33. The summed E-state index contributed by atoms with van der Waals surface area (Å²) in [5.74, 6) is 0.135. The molecule has 1 saturated heterocycles. The van der Waals surface area contributed by atoms with E-state index in [9.17, 15) is 4.79 Å². The van der Waals surface area contributed by atoms with Crippen LogP contribution in [0.15, 0.2) is 15.9 Å². The molecule has 1 unspecified atom stereocenters. The van der Waals surface area contributed by atoms with Crippen molar-refractivity contribution in [2.75, 3.05) is 26.2 Å². The van der Waals surface area contributed by atoms with Gasteiger partial charge >= 0.3 is 0 Å². The lowest BCUT2D eigenvalue weighted by Gasteiger charge is -2.28. The second kappa shape index (κ2) is 5.95. The summed E-state index contributed by atoms with van der Waals surface area (Å²) in [5, 5.41) is 4.95. The molecular weight excluding hydrogens is 302 g/mol. The highest BCUT2D eigenvalue weighted by atomic mass is 79.9. The van der Waals surface area contributed by atoms with Crippen molar-refractivity contribution in [1.29, 1.82) is 0 Å². The molecule has 94 valence electrons. The lowest BCUT2D eigenvalue weighted by molar-refractivity contribution is -0.120. The van der Waals surface area contributed by atoms with Crippen molar-refractivity contribution in [1.82, 2.24) is 10.2 Å². The third kappa shape index (κ3) is 3.28. The van der Waals surface area contributed by atoms with Crippen molar-refractivity contribution >= 4 is 33.2 Å². The summed E-state index contributed by atoms with van der Waals surface area (Å²) in [5.41, 5.74) is 5.87. The summed E-state index contributed by atoms with van der Waals surface area (Å²) < 4.78 is 1.10. The highest BCUT2D eigenvalue weighted by Gasteiger charge is 2.23. The standard InChI is InChI=1S/C11H16BrN3OS/c12-8-5-10(17-7-8)9(6-13)15-3-1-11(16)14-2-4-15/h5,7,9H,1-4,6,13H2,(H,14,16). The molecule has 0 spiro atoms. The van der Waals surface area contributed by atoms with Gasteiger partial charge in [0.25, 0.3) is 0 Å². The monoisotopic (exact) mass is 317 g/mol. The lowest BCUT2D eigenvalue weighted by atomic mass is 10.2. The summed E-state index contributed by atoms with van der Waals surface area (Å²) in [4.78, 5) is 14.9. The number of rotatable bonds is 3. The van der Waals surface area contributed by atoms with Crippen LogP contribution in [0.5, 0.6) is 0 Å². The van der Waals surface area contributed by atoms with Gasteiger partial charge in [-0.1, -0.05) is 0 Å². The number of nitrogens with two attached hydrogens (primary N) is 1. The second-order valence-electron chi connectivity index (χ2n) is 4.05. The van der Waals surface area contributed by atoms with E-state index in [1.807, 2.05) is 0 Å². The first-order valence-corrected chi connectivity index (χ1v) is 7.32. The Balaban J connectivity index is 2.09. The summed E-state index contributed by atoms with van der Waals surface area (Å²) in [6, 6.07) is 2.33. The second-order valence-corrected chi connectivity index (χ2v) is 5.91. The highest BCUT2D eigenvalue weighted by molar-refractivity contribution is 9.10. The number of hydrogen-bond acceptors (Lipinski definition) is 4. The van der Waals surface area contributed by atoms with E-state index in [0.29, 0.717) is 19.5 Å². The van der Waals surface area contributed by atoms with Gasteiger partial charge in [-0.15, -0.1) is 11.3 Å². The Morgan fingerprint density at radius 1 is 1.59 bits per heavy atom. The Bertz CT molecular complexity index is 396. The maximum absolute atomic E-state index is 11.3. The SMILES string of the molecule is NCC(c1cc(Br)cs1)N1CCNC(=O)CC1. The largest absolute Gasteiger partial charge is 0.355 e. The fraction of sp³-hybridized carbons (Fsp3) is 0.545. The zero-order valence-electron chi connectivity index (χ0n) is 9.49. The minimum absolute atomic E-state index is 0.135. The molecule has 0 saturated carbocycles. The van der Waals surface area contributed by atoms with E-state index in [1.54, 1.807) is 11.3 Å². The summed E-state index contributed by atoms with van der Waals surface area (Å²) in [6.45, 7) is 2.94. The molecule has 3 N–H and O–H groups in total. The number of nitrogens with one attached hydrogen (secondary N) is 1. The van der Waals surface area contributed by atoms with E-state index < -0.39 is 0 Å². The molecule has 0 radical (unpaired) electrons. The van der Waals surface area contributed by atoms with Gasteiger partial charge in [-0.2, -0.15) is 0 Å². The number of carbonyl (C=O) groups excluding carboxylic acids is 1. The zero-order valence-corrected chi connectivity index (χ0v) is 11.9. The molecule has 2 heterocycles. The van der Waals surface area contributed by atoms with Crippen LogP contribution in [-0.2, 0) is 4.79 Å². The molecule has 1 aliphatic rings.